The van der Waals surface area contributed by atoms with E-state index in [4.69, 9.17) is 4.52 Å². The fourth-order valence-electron chi connectivity index (χ4n) is 2.21. The van der Waals surface area contributed by atoms with Crippen LogP contribution >= 0.6 is 0 Å². The van der Waals surface area contributed by atoms with Crippen molar-refractivity contribution < 1.29 is 4.52 Å². The quantitative estimate of drug-likeness (QED) is 0.795. The van der Waals surface area contributed by atoms with Crippen LogP contribution in [0.5, 0.6) is 0 Å². The third kappa shape index (κ3) is 2.87. The van der Waals surface area contributed by atoms with E-state index in [1.54, 1.807) is 6.33 Å². The Morgan fingerprint density at radius 2 is 2.00 bits per heavy atom. The van der Waals surface area contributed by atoms with E-state index in [0.717, 1.165) is 50.1 Å². The summed E-state index contributed by atoms with van der Waals surface area (Å²) in [5, 5.41) is 3.84. The monoisotopic (exact) mass is 260 g/mol. The number of rotatable bonds is 3. The van der Waals surface area contributed by atoms with Crippen LogP contribution in [0.25, 0.3) is 0 Å². The molecule has 0 N–H and O–H groups in total. The van der Waals surface area contributed by atoms with Gasteiger partial charge in [-0.15, -0.1) is 0 Å². The van der Waals surface area contributed by atoms with Crippen LogP contribution in [0, 0.1) is 6.92 Å². The van der Waals surface area contributed by atoms with Gasteiger partial charge < -0.3 is 9.42 Å². The lowest BCUT2D eigenvalue weighted by molar-refractivity contribution is 0.239. The summed E-state index contributed by atoms with van der Waals surface area (Å²) < 4.78 is 4.74. The van der Waals surface area contributed by atoms with E-state index in [0.29, 0.717) is 0 Å². The fraction of sp³-hybridized carbons (Fsp3) is 0.500. The molecular formula is C12H16N6O. The molecule has 19 heavy (non-hydrogen) atoms. The number of hydrogen-bond donors (Lipinski definition) is 0. The highest BCUT2D eigenvalue weighted by Crippen LogP contribution is 2.14. The number of aryl methyl sites for hydroxylation is 1. The van der Waals surface area contributed by atoms with Gasteiger partial charge >= 0.3 is 0 Å². The molecule has 3 heterocycles. The third-order valence-electron chi connectivity index (χ3n) is 3.26. The number of nitrogens with zero attached hydrogens (tertiary/aromatic N) is 6. The Morgan fingerprint density at radius 1 is 1.16 bits per heavy atom. The van der Waals surface area contributed by atoms with Crippen LogP contribution in [0.3, 0.4) is 0 Å². The molecule has 2 aromatic heterocycles. The number of hydrogen-bond acceptors (Lipinski definition) is 7. The second-order valence-corrected chi connectivity index (χ2v) is 4.63. The molecule has 0 amide bonds. The first-order valence-corrected chi connectivity index (χ1v) is 6.32. The van der Waals surface area contributed by atoms with Gasteiger partial charge in [-0.3, -0.25) is 4.90 Å². The SMILES string of the molecule is Cc1cc(N2CCN(Cc3ncon3)CC2)ncn1. The summed E-state index contributed by atoms with van der Waals surface area (Å²) in [6, 6.07) is 2.02. The highest BCUT2D eigenvalue weighted by atomic mass is 16.5. The largest absolute Gasteiger partial charge is 0.354 e. The average molecular weight is 260 g/mol. The third-order valence-corrected chi connectivity index (χ3v) is 3.26. The molecule has 1 saturated heterocycles. The highest BCUT2D eigenvalue weighted by molar-refractivity contribution is 5.39. The van der Waals surface area contributed by atoms with Crippen molar-refractivity contribution in [2.75, 3.05) is 31.1 Å². The molecule has 3 rings (SSSR count). The number of aromatic nitrogens is 4. The zero-order valence-electron chi connectivity index (χ0n) is 10.9. The van der Waals surface area contributed by atoms with E-state index in [1.165, 1.54) is 6.39 Å². The normalized spacial score (nSPS) is 16.8. The first-order chi connectivity index (χ1) is 9.31. The van der Waals surface area contributed by atoms with E-state index in [9.17, 15) is 0 Å². The van der Waals surface area contributed by atoms with Gasteiger partial charge in [-0.1, -0.05) is 5.16 Å². The molecule has 0 bridgehead atoms. The Kier molecular flexibility index (Phi) is 3.37. The van der Waals surface area contributed by atoms with Crippen LogP contribution in [-0.4, -0.2) is 51.2 Å². The first kappa shape index (κ1) is 12.0. The Morgan fingerprint density at radius 3 is 2.68 bits per heavy atom. The molecule has 7 heteroatoms. The molecule has 0 aliphatic carbocycles. The summed E-state index contributed by atoms with van der Waals surface area (Å²) in [5.74, 6) is 1.75. The molecule has 0 aromatic carbocycles. The summed E-state index contributed by atoms with van der Waals surface area (Å²) in [6.45, 7) is 6.57. The van der Waals surface area contributed by atoms with Crippen molar-refractivity contribution in [3.63, 3.8) is 0 Å². The van der Waals surface area contributed by atoms with Gasteiger partial charge in [0.2, 0.25) is 6.39 Å². The Balaban J connectivity index is 1.57. The first-order valence-electron chi connectivity index (χ1n) is 6.32. The van der Waals surface area contributed by atoms with Gasteiger partial charge in [0.1, 0.15) is 12.1 Å². The Hall–Kier alpha value is -2.02. The van der Waals surface area contributed by atoms with Crippen molar-refractivity contribution in [3.8, 4) is 0 Å². The van der Waals surface area contributed by atoms with Crippen molar-refractivity contribution in [3.05, 3.63) is 30.3 Å². The summed E-state index contributed by atoms with van der Waals surface area (Å²) >= 11 is 0. The van der Waals surface area contributed by atoms with Gasteiger partial charge in [-0.25, -0.2) is 9.97 Å². The van der Waals surface area contributed by atoms with Gasteiger partial charge in [0.15, 0.2) is 5.82 Å². The van der Waals surface area contributed by atoms with Gasteiger partial charge in [-0.2, -0.15) is 4.98 Å². The molecular weight excluding hydrogens is 244 g/mol. The van der Waals surface area contributed by atoms with Crippen LogP contribution in [0.15, 0.2) is 23.3 Å². The van der Waals surface area contributed by atoms with Crippen LogP contribution < -0.4 is 4.90 Å². The van der Waals surface area contributed by atoms with Gasteiger partial charge in [-0.05, 0) is 6.92 Å². The lowest BCUT2D eigenvalue weighted by atomic mass is 10.3. The lowest BCUT2D eigenvalue weighted by Gasteiger charge is -2.34. The molecule has 0 radical (unpaired) electrons. The van der Waals surface area contributed by atoms with E-state index in [2.05, 4.69) is 29.9 Å². The topological polar surface area (TPSA) is 71.2 Å². The predicted octanol–water partition coefficient (Wildman–Crippen LogP) is 0.490. The van der Waals surface area contributed by atoms with Gasteiger partial charge in [0.25, 0.3) is 0 Å². The van der Waals surface area contributed by atoms with E-state index in [-0.39, 0.29) is 0 Å². The van der Waals surface area contributed by atoms with Gasteiger partial charge in [0.05, 0.1) is 6.54 Å². The molecule has 0 spiro atoms. The van der Waals surface area contributed by atoms with Crippen LogP contribution in [0.1, 0.15) is 11.5 Å². The minimum absolute atomic E-state index is 0.742. The zero-order valence-corrected chi connectivity index (χ0v) is 10.9. The van der Waals surface area contributed by atoms with Crippen LogP contribution in [0.2, 0.25) is 0 Å². The molecule has 0 atom stereocenters. The van der Waals surface area contributed by atoms with Crippen molar-refractivity contribution in [1.82, 2.24) is 25.0 Å². The van der Waals surface area contributed by atoms with Crippen LogP contribution in [-0.2, 0) is 6.54 Å². The van der Waals surface area contributed by atoms with Gasteiger partial charge in [0, 0.05) is 37.9 Å². The maximum atomic E-state index is 4.74. The lowest BCUT2D eigenvalue weighted by Crippen LogP contribution is -2.46. The highest BCUT2D eigenvalue weighted by Gasteiger charge is 2.19. The van der Waals surface area contributed by atoms with Crippen molar-refractivity contribution >= 4 is 5.82 Å². The molecule has 1 aliphatic rings. The maximum absolute atomic E-state index is 4.74. The Labute approximate surface area is 111 Å². The second kappa shape index (κ2) is 5.31. The standard InChI is InChI=1S/C12H16N6O/c1-10-6-12(14-8-13-10)18-4-2-17(3-5-18)7-11-15-9-19-16-11/h6,8-9H,2-5,7H2,1H3. The van der Waals surface area contributed by atoms with E-state index in [1.807, 2.05) is 13.0 Å². The van der Waals surface area contributed by atoms with E-state index >= 15 is 0 Å². The zero-order chi connectivity index (χ0) is 13.1. The molecule has 1 aliphatic heterocycles. The molecule has 2 aromatic rings. The summed E-state index contributed by atoms with van der Waals surface area (Å²) in [4.78, 5) is 17.1. The number of piperazine rings is 1. The minimum atomic E-state index is 0.742. The van der Waals surface area contributed by atoms with Crippen molar-refractivity contribution in [2.24, 2.45) is 0 Å². The molecule has 1 fully saturated rings. The summed E-state index contributed by atoms with van der Waals surface area (Å²) in [5.41, 5.74) is 0.999. The van der Waals surface area contributed by atoms with E-state index < -0.39 is 0 Å². The smallest absolute Gasteiger partial charge is 0.213 e. The molecule has 100 valence electrons. The van der Waals surface area contributed by atoms with Crippen molar-refractivity contribution in [2.45, 2.75) is 13.5 Å². The second-order valence-electron chi connectivity index (χ2n) is 4.63. The number of anilines is 1. The average Bonchev–Trinajstić information content (AvgIpc) is 2.92. The Bertz CT molecular complexity index is 521. The summed E-state index contributed by atoms with van der Waals surface area (Å²) in [6.07, 6.45) is 2.99. The molecule has 0 saturated carbocycles. The molecule has 0 unspecified atom stereocenters. The predicted molar refractivity (Wildman–Crippen MR) is 68.6 cm³/mol. The van der Waals surface area contributed by atoms with Crippen molar-refractivity contribution in [1.29, 1.82) is 0 Å². The minimum Gasteiger partial charge on any atom is -0.354 e. The van der Waals surface area contributed by atoms with Crippen LogP contribution in [0.4, 0.5) is 5.82 Å². The molecule has 7 nitrogen and oxygen atoms in total. The summed E-state index contributed by atoms with van der Waals surface area (Å²) in [7, 11) is 0. The maximum Gasteiger partial charge on any atom is 0.213 e. The fourth-order valence-corrected chi connectivity index (χ4v) is 2.21.